The third kappa shape index (κ3) is 2.85. The molecule has 0 saturated heterocycles. The summed E-state index contributed by atoms with van der Waals surface area (Å²) >= 11 is 0. The van der Waals surface area contributed by atoms with Gasteiger partial charge in [0.1, 0.15) is 5.92 Å². The molecule has 0 spiro atoms. The Balaban J connectivity index is 4.28. The SMILES string of the molecule is CO[NH2+][C@H](C(=O)O)[C@H](C)C(=O)O. The van der Waals surface area contributed by atoms with Gasteiger partial charge in [-0.25, -0.2) is 9.63 Å². The number of quaternary nitrogens is 1. The van der Waals surface area contributed by atoms with Gasteiger partial charge in [-0.15, -0.1) is 0 Å². The molecule has 0 bridgehead atoms. The fourth-order valence-electron chi connectivity index (χ4n) is 0.690. The van der Waals surface area contributed by atoms with Crippen LogP contribution in [0, 0.1) is 5.92 Å². The highest BCUT2D eigenvalue weighted by atomic mass is 16.6. The molecule has 12 heavy (non-hydrogen) atoms. The number of hydrogen-bond acceptors (Lipinski definition) is 3. The van der Waals surface area contributed by atoms with Crippen LogP contribution in [0.5, 0.6) is 0 Å². The fraction of sp³-hybridized carbons (Fsp3) is 0.667. The van der Waals surface area contributed by atoms with Crippen LogP contribution >= 0.6 is 0 Å². The van der Waals surface area contributed by atoms with Gasteiger partial charge in [-0.05, 0) is 6.92 Å². The van der Waals surface area contributed by atoms with Gasteiger partial charge in [0.25, 0.3) is 0 Å². The predicted molar refractivity (Wildman–Crippen MR) is 37.2 cm³/mol. The van der Waals surface area contributed by atoms with Crippen LogP contribution in [0.2, 0.25) is 0 Å². The predicted octanol–water partition coefficient (Wildman–Crippen LogP) is -1.71. The Morgan fingerprint density at radius 3 is 2.08 bits per heavy atom. The summed E-state index contributed by atoms with van der Waals surface area (Å²) in [5, 5.41) is 17.0. The number of hydrogen-bond donors (Lipinski definition) is 3. The Labute approximate surface area is 69.1 Å². The summed E-state index contributed by atoms with van der Waals surface area (Å²) in [6, 6.07) is -1.10. The molecular weight excluding hydrogens is 166 g/mol. The largest absolute Gasteiger partial charge is 0.481 e. The van der Waals surface area contributed by atoms with Gasteiger partial charge in [0, 0.05) is 0 Å². The Bertz CT molecular complexity index is 181. The van der Waals surface area contributed by atoms with Crippen LogP contribution in [0.15, 0.2) is 0 Å². The molecule has 0 aromatic rings. The first-order valence-corrected chi connectivity index (χ1v) is 3.32. The first-order valence-electron chi connectivity index (χ1n) is 3.32. The van der Waals surface area contributed by atoms with Gasteiger partial charge in [-0.2, -0.15) is 5.48 Å². The lowest BCUT2D eigenvalue weighted by atomic mass is 10.0. The van der Waals surface area contributed by atoms with Crippen LogP contribution < -0.4 is 5.48 Å². The molecule has 0 fully saturated rings. The van der Waals surface area contributed by atoms with E-state index in [0.717, 1.165) is 5.48 Å². The molecule has 6 heteroatoms. The number of hydroxylamine groups is 1. The molecular formula is C6H12NO5+. The Kier molecular flexibility index (Phi) is 4.24. The molecule has 0 aromatic carbocycles. The standard InChI is InChI=1S/C6H11NO5/c1-3(5(8)9)4(6(10)11)7-12-2/h3-4,7H,1-2H3,(H,8,9)(H,10,11)/p+1/t3-,4-/m0/s1. The van der Waals surface area contributed by atoms with Gasteiger partial charge < -0.3 is 10.2 Å². The highest BCUT2D eigenvalue weighted by molar-refractivity contribution is 5.80. The second kappa shape index (κ2) is 4.68. The van der Waals surface area contributed by atoms with Crippen molar-refractivity contribution in [2.45, 2.75) is 13.0 Å². The zero-order chi connectivity index (χ0) is 9.72. The number of carboxylic acids is 2. The van der Waals surface area contributed by atoms with E-state index in [2.05, 4.69) is 4.84 Å². The summed E-state index contributed by atoms with van der Waals surface area (Å²) in [4.78, 5) is 25.3. The lowest BCUT2D eigenvalue weighted by Crippen LogP contribution is -2.92. The molecule has 4 N–H and O–H groups in total. The third-order valence-corrected chi connectivity index (χ3v) is 1.50. The molecule has 0 aromatic heterocycles. The second-order valence-corrected chi connectivity index (χ2v) is 2.36. The summed E-state index contributed by atoms with van der Waals surface area (Å²) in [5.74, 6) is -3.34. The van der Waals surface area contributed by atoms with E-state index in [-0.39, 0.29) is 0 Å². The van der Waals surface area contributed by atoms with Crippen molar-refractivity contribution < 1.29 is 30.1 Å². The van der Waals surface area contributed by atoms with Gasteiger partial charge in [0.05, 0.1) is 7.11 Å². The minimum absolute atomic E-state index is 0.984. The lowest BCUT2D eigenvalue weighted by molar-refractivity contribution is -0.906. The zero-order valence-electron chi connectivity index (χ0n) is 6.85. The van der Waals surface area contributed by atoms with Crippen LogP contribution in [0.25, 0.3) is 0 Å². The average Bonchev–Trinajstić information content (AvgIpc) is 1.98. The number of carbonyl (C=O) groups is 2. The number of aliphatic carboxylic acids is 2. The van der Waals surface area contributed by atoms with Crippen LogP contribution in [0.4, 0.5) is 0 Å². The molecule has 0 radical (unpaired) electrons. The maximum atomic E-state index is 10.5. The Morgan fingerprint density at radius 2 is 1.83 bits per heavy atom. The molecule has 70 valence electrons. The number of nitrogens with two attached hydrogens (primary N) is 1. The highest BCUT2D eigenvalue weighted by Gasteiger charge is 2.33. The molecule has 2 atom stereocenters. The molecule has 0 amide bonds. The van der Waals surface area contributed by atoms with Crippen LogP contribution in [-0.2, 0) is 14.4 Å². The van der Waals surface area contributed by atoms with Crippen molar-refractivity contribution in [2.24, 2.45) is 5.92 Å². The zero-order valence-corrected chi connectivity index (χ0v) is 6.85. The van der Waals surface area contributed by atoms with Crippen molar-refractivity contribution in [3.63, 3.8) is 0 Å². The highest BCUT2D eigenvalue weighted by Crippen LogP contribution is 1.98. The summed E-state index contributed by atoms with van der Waals surface area (Å²) in [6.07, 6.45) is 0. The quantitative estimate of drug-likeness (QED) is 0.435. The van der Waals surface area contributed by atoms with Gasteiger partial charge in [0.2, 0.25) is 6.04 Å². The topological polar surface area (TPSA) is 100 Å². The van der Waals surface area contributed by atoms with Gasteiger partial charge >= 0.3 is 11.9 Å². The lowest BCUT2D eigenvalue weighted by Gasteiger charge is -2.11. The van der Waals surface area contributed by atoms with Gasteiger partial charge in [-0.3, -0.25) is 4.79 Å². The molecule has 0 rings (SSSR count). The second-order valence-electron chi connectivity index (χ2n) is 2.36. The molecule has 0 unspecified atom stereocenters. The molecule has 0 aliphatic rings. The first kappa shape index (κ1) is 10.9. The fourth-order valence-corrected chi connectivity index (χ4v) is 0.690. The minimum Gasteiger partial charge on any atom is -0.481 e. The van der Waals surface area contributed by atoms with E-state index in [9.17, 15) is 9.59 Å². The van der Waals surface area contributed by atoms with E-state index in [1.165, 1.54) is 14.0 Å². The number of carboxylic acid groups (broad SMARTS) is 2. The van der Waals surface area contributed by atoms with Crippen LogP contribution in [0.3, 0.4) is 0 Å². The van der Waals surface area contributed by atoms with Crippen LogP contribution in [0.1, 0.15) is 6.92 Å². The first-order chi connectivity index (χ1) is 5.50. The maximum Gasteiger partial charge on any atom is 0.366 e. The third-order valence-electron chi connectivity index (χ3n) is 1.50. The van der Waals surface area contributed by atoms with Crippen molar-refractivity contribution in [3.8, 4) is 0 Å². The molecule has 0 saturated carbocycles. The minimum atomic E-state index is -1.20. The van der Waals surface area contributed by atoms with Crippen molar-refractivity contribution >= 4 is 11.9 Å². The number of rotatable bonds is 5. The maximum absolute atomic E-state index is 10.5. The van der Waals surface area contributed by atoms with E-state index in [1.807, 2.05) is 0 Å². The van der Waals surface area contributed by atoms with E-state index < -0.39 is 23.9 Å². The summed E-state index contributed by atoms with van der Waals surface area (Å²) in [6.45, 7) is 1.32. The van der Waals surface area contributed by atoms with E-state index in [4.69, 9.17) is 10.2 Å². The van der Waals surface area contributed by atoms with Crippen LogP contribution in [-0.4, -0.2) is 35.3 Å². The van der Waals surface area contributed by atoms with Crippen molar-refractivity contribution in [1.82, 2.24) is 0 Å². The van der Waals surface area contributed by atoms with Gasteiger partial charge in [0.15, 0.2) is 0 Å². The molecule has 0 aliphatic carbocycles. The summed E-state index contributed by atoms with van der Waals surface area (Å²) in [7, 11) is 1.28. The summed E-state index contributed by atoms with van der Waals surface area (Å²) < 4.78 is 0. The van der Waals surface area contributed by atoms with E-state index in [1.54, 1.807) is 0 Å². The Hall–Kier alpha value is -1.14. The molecule has 0 aliphatic heterocycles. The normalized spacial score (nSPS) is 15.2. The Morgan fingerprint density at radius 1 is 1.33 bits per heavy atom. The smallest absolute Gasteiger partial charge is 0.366 e. The molecule has 0 heterocycles. The molecule has 6 nitrogen and oxygen atoms in total. The monoisotopic (exact) mass is 178 g/mol. The van der Waals surface area contributed by atoms with Gasteiger partial charge in [-0.1, -0.05) is 0 Å². The summed E-state index contributed by atoms with van der Waals surface area (Å²) in [5.41, 5.74) is 1.00. The van der Waals surface area contributed by atoms with Crippen molar-refractivity contribution in [2.75, 3.05) is 7.11 Å². The van der Waals surface area contributed by atoms with Crippen molar-refractivity contribution in [1.29, 1.82) is 0 Å². The van der Waals surface area contributed by atoms with Crippen molar-refractivity contribution in [3.05, 3.63) is 0 Å². The van der Waals surface area contributed by atoms with E-state index >= 15 is 0 Å². The average molecular weight is 178 g/mol. The van der Waals surface area contributed by atoms with E-state index in [0.29, 0.717) is 0 Å².